The van der Waals surface area contributed by atoms with E-state index >= 15 is 0 Å². The van der Waals surface area contributed by atoms with Gasteiger partial charge in [-0.3, -0.25) is 24.6 Å². The number of piperazine rings is 1. The van der Waals surface area contributed by atoms with E-state index in [1.165, 1.54) is 6.26 Å². The number of carbonyl (C=O) groups is 3. The van der Waals surface area contributed by atoms with Crippen LogP contribution < -0.4 is 24.4 Å². The highest BCUT2D eigenvalue weighted by molar-refractivity contribution is 7.90. The van der Waals surface area contributed by atoms with Crippen molar-refractivity contribution in [1.82, 2.24) is 15.1 Å². The molecule has 3 heterocycles. The highest BCUT2D eigenvalue weighted by Gasteiger charge is 2.39. The van der Waals surface area contributed by atoms with Gasteiger partial charge >= 0.3 is 0 Å². The fraction of sp³-hybridized carbons (Fsp3) is 0.245. The number of sulfone groups is 1. The van der Waals surface area contributed by atoms with Crippen LogP contribution in [0.25, 0.3) is 21.9 Å². The van der Waals surface area contributed by atoms with E-state index in [4.69, 9.17) is 14.2 Å². The molecule has 0 saturated carbocycles. The van der Waals surface area contributed by atoms with E-state index in [-0.39, 0.29) is 23.1 Å². The Kier molecular flexibility index (Phi) is 11.4. The molecule has 316 valence electrons. The van der Waals surface area contributed by atoms with Crippen molar-refractivity contribution in [2.24, 2.45) is 0 Å². The number of amides is 3. The van der Waals surface area contributed by atoms with Gasteiger partial charge in [0.25, 0.3) is 5.91 Å². The summed E-state index contributed by atoms with van der Waals surface area (Å²) in [6, 6.07) is 39.6. The van der Waals surface area contributed by atoms with E-state index in [1.54, 1.807) is 29.2 Å². The van der Waals surface area contributed by atoms with Gasteiger partial charge in [-0.25, -0.2) is 8.42 Å². The second-order valence-corrected chi connectivity index (χ2v) is 17.9. The molecule has 6 aromatic rings. The Labute approximate surface area is 360 Å². The van der Waals surface area contributed by atoms with Crippen LogP contribution in [-0.2, 0) is 32.6 Å². The highest BCUT2D eigenvalue weighted by Crippen LogP contribution is 2.41. The molecular weight excluding hydrogens is 805 g/mol. The molecule has 62 heavy (non-hydrogen) atoms. The van der Waals surface area contributed by atoms with Crippen molar-refractivity contribution in [2.45, 2.75) is 36.9 Å². The Morgan fingerprint density at radius 2 is 1.47 bits per heavy atom. The van der Waals surface area contributed by atoms with Gasteiger partial charge in [0.15, 0.2) is 9.84 Å². The van der Waals surface area contributed by atoms with Gasteiger partial charge in [-0.1, -0.05) is 54.6 Å². The number of hydrogen-bond donors (Lipinski definition) is 1. The average molecular weight is 851 g/mol. The highest BCUT2D eigenvalue weighted by atomic mass is 32.2. The number of fused-ring (bicyclic) bond motifs is 2. The van der Waals surface area contributed by atoms with Crippen molar-refractivity contribution >= 4 is 44.0 Å². The number of nitrogens with one attached hydrogen (secondary N) is 1. The first kappa shape index (κ1) is 40.7. The zero-order chi connectivity index (χ0) is 42.8. The maximum absolute atomic E-state index is 13.4. The molecule has 3 aliphatic rings. The normalized spacial score (nSPS) is 16.9. The topological polar surface area (TPSA) is 135 Å². The lowest BCUT2D eigenvalue weighted by molar-refractivity contribution is -0.136. The minimum atomic E-state index is -3.35. The molecule has 3 amide bonds. The summed E-state index contributed by atoms with van der Waals surface area (Å²) in [5.41, 5.74) is 5.22. The number of rotatable bonds is 13. The molecule has 3 aliphatic heterocycles. The molecular formula is C49H46N4O8S. The number of imide groups is 1. The van der Waals surface area contributed by atoms with Crippen molar-refractivity contribution in [1.29, 1.82) is 0 Å². The van der Waals surface area contributed by atoms with Crippen LogP contribution in [0.2, 0.25) is 0 Å². The van der Waals surface area contributed by atoms with Crippen LogP contribution in [-0.4, -0.2) is 87.6 Å². The smallest absolute Gasteiger partial charge is 0.255 e. The summed E-state index contributed by atoms with van der Waals surface area (Å²) in [6.07, 6.45) is 1.78. The van der Waals surface area contributed by atoms with Crippen LogP contribution in [0.1, 0.15) is 34.3 Å². The summed E-state index contributed by atoms with van der Waals surface area (Å²) < 4.78 is 43.3. The Hall–Kier alpha value is -6.70. The van der Waals surface area contributed by atoms with Gasteiger partial charge in [0, 0.05) is 74.1 Å². The van der Waals surface area contributed by atoms with E-state index in [9.17, 15) is 22.8 Å². The Balaban J connectivity index is 0.818. The van der Waals surface area contributed by atoms with Gasteiger partial charge in [-0.2, -0.15) is 0 Å². The summed E-state index contributed by atoms with van der Waals surface area (Å²) in [5, 5.41) is 4.18. The Bertz CT molecular complexity index is 2750. The molecule has 13 heteroatoms. The van der Waals surface area contributed by atoms with Crippen molar-refractivity contribution in [3.8, 4) is 34.1 Å². The summed E-state index contributed by atoms with van der Waals surface area (Å²) in [6.45, 7) is 5.37. The molecule has 0 aromatic heterocycles. The zero-order valence-corrected chi connectivity index (χ0v) is 35.1. The lowest BCUT2D eigenvalue weighted by atomic mass is 9.99. The second-order valence-electron chi connectivity index (χ2n) is 15.9. The Morgan fingerprint density at radius 3 is 2.21 bits per heavy atom. The van der Waals surface area contributed by atoms with Gasteiger partial charge in [-0.05, 0) is 101 Å². The largest absolute Gasteiger partial charge is 0.492 e. The molecule has 0 aliphatic carbocycles. The van der Waals surface area contributed by atoms with E-state index < -0.39 is 21.8 Å². The number of hydrogen-bond acceptors (Lipinski definition) is 10. The predicted molar refractivity (Wildman–Crippen MR) is 236 cm³/mol. The summed E-state index contributed by atoms with van der Waals surface area (Å²) in [5.74, 6) is 1.85. The maximum Gasteiger partial charge on any atom is 0.255 e. The zero-order valence-electron chi connectivity index (χ0n) is 34.3. The first-order chi connectivity index (χ1) is 30.1. The predicted octanol–water partition coefficient (Wildman–Crippen LogP) is 7.24. The van der Waals surface area contributed by atoms with Crippen molar-refractivity contribution < 1.29 is 37.0 Å². The average Bonchev–Trinajstić information content (AvgIpc) is 3.61. The van der Waals surface area contributed by atoms with Crippen LogP contribution in [0.5, 0.6) is 23.0 Å². The van der Waals surface area contributed by atoms with E-state index in [1.807, 2.05) is 103 Å². The SMILES string of the molecule is CS(=O)(=O)c1ccc(-c2ccc3cc(OCc4ccccc4)ccc3c2Oc2ccc(OCCN3CCN(c4ccc5c(c4)C(=O)N(C4CCC(=O)NC4=O)C5)CC3)cc2)cc1. The fourth-order valence-corrected chi connectivity index (χ4v) is 8.94. The number of piperidine rings is 1. The third kappa shape index (κ3) is 8.86. The minimum absolute atomic E-state index is 0.164. The molecule has 1 N–H and O–H groups in total. The van der Waals surface area contributed by atoms with Crippen LogP contribution in [0.4, 0.5) is 5.69 Å². The molecule has 6 aromatic carbocycles. The van der Waals surface area contributed by atoms with E-state index in [0.717, 1.165) is 82.9 Å². The lowest BCUT2D eigenvalue weighted by Gasteiger charge is -2.36. The first-order valence-corrected chi connectivity index (χ1v) is 22.6. The monoisotopic (exact) mass is 850 g/mol. The molecule has 2 saturated heterocycles. The van der Waals surface area contributed by atoms with E-state index in [2.05, 4.69) is 15.1 Å². The number of nitrogens with zero attached hydrogens (tertiary/aromatic N) is 3. The molecule has 1 atom stereocenters. The van der Waals surface area contributed by atoms with Gasteiger partial charge < -0.3 is 24.0 Å². The Morgan fingerprint density at radius 1 is 0.726 bits per heavy atom. The first-order valence-electron chi connectivity index (χ1n) is 20.8. The molecule has 0 bridgehead atoms. The van der Waals surface area contributed by atoms with Crippen LogP contribution >= 0.6 is 0 Å². The standard InChI is InChI=1S/C49H46N4O8S/c1-62(57,58)41-17-8-34(9-18-41)42-19-10-35-29-40(60-32-33-5-3-2-4-6-33)16-20-43(35)47(42)61-39-14-12-38(13-15-39)59-28-27-51-23-25-52(26-24-51)37-11-7-36-31-53(49(56)44(36)30-37)45-21-22-46(54)50-48(45)55/h2-20,29-30,45H,21-28,31-32H2,1H3,(H,50,54,55). The van der Waals surface area contributed by atoms with Crippen molar-refractivity contribution in [3.05, 3.63) is 144 Å². The third-order valence-electron chi connectivity index (χ3n) is 11.8. The number of anilines is 1. The van der Waals surface area contributed by atoms with Gasteiger partial charge in [0.2, 0.25) is 11.8 Å². The van der Waals surface area contributed by atoms with Crippen LogP contribution in [0.3, 0.4) is 0 Å². The molecule has 2 fully saturated rings. The molecule has 9 rings (SSSR count). The number of carbonyl (C=O) groups excluding carboxylic acids is 3. The van der Waals surface area contributed by atoms with Crippen LogP contribution in [0.15, 0.2) is 132 Å². The van der Waals surface area contributed by atoms with E-state index in [0.29, 0.717) is 43.2 Å². The second kappa shape index (κ2) is 17.3. The van der Waals surface area contributed by atoms with Gasteiger partial charge in [-0.15, -0.1) is 0 Å². The summed E-state index contributed by atoms with van der Waals surface area (Å²) in [7, 11) is -3.35. The fourth-order valence-electron chi connectivity index (χ4n) is 8.31. The van der Waals surface area contributed by atoms with Gasteiger partial charge in [0.1, 0.15) is 42.3 Å². The summed E-state index contributed by atoms with van der Waals surface area (Å²) >= 11 is 0. The summed E-state index contributed by atoms with van der Waals surface area (Å²) in [4.78, 5) is 43.9. The number of ether oxygens (including phenoxy) is 3. The number of benzene rings is 6. The van der Waals surface area contributed by atoms with Gasteiger partial charge in [0.05, 0.1) is 4.90 Å². The molecule has 0 spiro atoms. The third-order valence-corrected chi connectivity index (χ3v) is 12.9. The minimum Gasteiger partial charge on any atom is -0.492 e. The lowest BCUT2D eigenvalue weighted by Crippen LogP contribution is -2.52. The van der Waals surface area contributed by atoms with Crippen LogP contribution in [0, 0.1) is 0 Å². The van der Waals surface area contributed by atoms with Crippen molar-refractivity contribution in [3.63, 3.8) is 0 Å². The molecule has 12 nitrogen and oxygen atoms in total. The maximum atomic E-state index is 13.4. The molecule has 0 radical (unpaired) electrons. The quantitative estimate of drug-likeness (QED) is 0.119. The van der Waals surface area contributed by atoms with Crippen molar-refractivity contribution in [2.75, 3.05) is 50.5 Å². The molecule has 1 unspecified atom stereocenters.